The third-order valence-corrected chi connectivity index (χ3v) is 3.84. The fraction of sp³-hybridized carbons (Fsp3) is 0.455. The summed E-state index contributed by atoms with van der Waals surface area (Å²) in [6.45, 7) is 0. The first-order chi connectivity index (χ1) is 8.14. The monoisotopic (exact) mass is 255 g/mol. The summed E-state index contributed by atoms with van der Waals surface area (Å²) in [5.74, 6) is 0.181. The van der Waals surface area contributed by atoms with Crippen LogP contribution >= 0.6 is 11.8 Å². The van der Waals surface area contributed by atoms with Crippen LogP contribution in [0.2, 0.25) is 0 Å². The van der Waals surface area contributed by atoms with Crippen molar-refractivity contribution in [3.8, 4) is 0 Å². The SMILES string of the molecule is O=C(NC1(C(=O)O)CCSCC1)c1ccco1. The average Bonchev–Trinajstić information content (AvgIpc) is 2.83. The molecule has 0 radical (unpaired) electrons. The number of aliphatic carboxylic acids is 1. The molecule has 1 aliphatic rings. The summed E-state index contributed by atoms with van der Waals surface area (Å²) in [5.41, 5.74) is -1.14. The van der Waals surface area contributed by atoms with E-state index in [1.54, 1.807) is 17.8 Å². The largest absolute Gasteiger partial charge is 0.480 e. The number of rotatable bonds is 3. The lowest BCUT2D eigenvalue weighted by Crippen LogP contribution is -2.56. The Bertz CT molecular complexity index is 409. The molecule has 0 unspecified atom stereocenters. The Balaban J connectivity index is 2.13. The molecule has 1 aromatic heterocycles. The molecule has 1 amide bonds. The summed E-state index contributed by atoms with van der Waals surface area (Å²) in [7, 11) is 0. The summed E-state index contributed by atoms with van der Waals surface area (Å²) in [6, 6.07) is 3.11. The molecule has 2 rings (SSSR count). The Morgan fingerprint density at radius 2 is 2.12 bits per heavy atom. The van der Waals surface area contributed by atoms with Crippen LogP contribution in [0.4, 0.5) is 0 Å². The highest BCUT2D eigenvalue weighted by atomic mass is 32.2. The zero-order valence-electron chi connectivity index (χ0n) is 9.14. The van der Waals surface area contributed by atoms with Gasteiger partial charge in [0.15, 0.2) is 5.76 Å². The predicted molar refractivity (Wildman–Crippen MR) is 63.1 cm³/mol. The van der Waals surface area contributed by atoms with Gasteiger partial charge in [-0.2, -0.15) is 11.8 Å². The van der Waals surface area contributed by atoms with E-state index in [2.05, 4.69) is 5.32 Å². The van der Waals surface area contributed by atoms with Crippen molar-refractivity contribution < 1.29 is 19.1 Å². The molecular weight excluding hydrogens is 242 g/mol. The fourth-order valence-corrected chi connectivity index (χ4v) is 2.99. The van der Waals surface area contributed by atoms with Crippen molar-refractivity contribution in [2.45, 2.75) is 18.4 Å². The minimum atomic E-state index is -1.14. The summed E-state index contributed by atoms with van der Waals surface area (Å²) < 4.78 is 4.95. The summed E-state index contributed by atoms with van der Waals surface area (Å²) >= 11 is 1.70. The second-order valence-corrected chi connectivity index (χ2v) is 5.16. The lowest BCUT2D eigenvalue weighted by Gasteiger charge is -2.33. The number of hydrogen-bond acceptors (Lipinski definition) is 4. The van der Waals surface area contributed by atoms with Gasteiger partial charge in [0.2, 0.25) is 0 Å². The van der Waals surface area contributed by atoms with Crippen molar-refractivity contribution in [2.75, 3.05) is 11.5 Å². The van der Waals surface area contributed by atoms with E-state index in [0.29, 0.717) is 12.8 Å². The zero-order chi connectivity index (χ0) is 12.3. The van der Waals surface area contributed by atoms with Crippen LogP contribution in [0.3, 0.4) is 0 Å². The van der Waals surface area contributed by atoms with Crippen LogP contribution in [0.1, 0.15) is 23.4 Å². The molecule has 6 heteroatoms. The molecule has 0 saturated carbocycles. The number of carbonyl (C=O) groups excluding carboxylic acids is 1. The highest BCUT2D eigenvalue weighted by molar-refractivity contribution is 7.99. The minimum Gasteiger partial charge on any atom is -0.480 e. The molecule has 0 atom stereocenters. The molecule has 1 saturated heterocycles. The van der Waals surface area contributed by atoms with Gasteiger partial charge in [0, 0.05) is 0 Å². The van der Waals surface area contributed by atoms with Gasteiger partial charge in [0.25, 0.3) is 5.91 Å². The van der Waals surface area contributed by atoms with E-state index in [0.717, 1.165) is 11.5 Å². The number of nitrogens with one attached hydrogen (secondary N) is 1. The number of amides is 1. The molecule has 2 N–H and O–H groups in total. The lowest BCUT2D eigenvalue weighted by molar-refractivity contribution is -0.144. The predicted octanol–water partition coefficient (Wildman–Crippen LogP) is 1.36. The second kappa shape index (κ2) is 4.83. The van der Waals surface area contributed by atoms with E-state index in [9.17, 15) is 14.7 Å². The highest BCUT2D eigenvalue weighted by Gasteiger charge is 2.41. The van der Waals surface area contributed by atoms with E-state index in [1.807, 2.05) is 0 Å². The number of hydrogen-bond donors (Lipinski definition) is 2. The van der Waals surface area contributed by atoms with Crippen LogP contribution in [0.5, 0.6) is 0 Å². The summed E-state index contributed by atoms with van der Waals surface area (Å²) in [5, 5.41) is 11.9. The number of carboxylic acids is 1. The third kappa shape index (κ3) is 2.46. The molecule has 92 valence electrons. The Kier molecular flexibility index (Phi) is 3.42. The van der Waals surface area contributed by atoms with Crippen molar-refractivity contribution in [1.29, 1.82) is 0 Å². The maximum atomic E-state index is 11.8. The highest BCUT2D eigenvalue weighted by Crippen LogP contribution is 2.27. The van der Waals surface area contributed by atoms with Gasteiger partial charge >= 0.3 is 5.97 Å². The maximum absolute atomic E-state index is 11.8. The van der Waals surface area contributed by atoms with Crippen molar-refractivity contribution >= 4 is 23.6 Å². The Labute approximate surface area is 103 Å². The topological polar surface area (TPSA) is 79.5 Å². The molecule has 1 aliphatic heterocycles. The number of carbonyl (C=O) groups is 2. The van der Waals surface area contributed by atoms with E-state index in [-0.39, 0.29) is 5.76 Å². The van der Waals surface area contributed by atoms with Gasteiger partial charge in [0.1, 0.15) is 5.54 Å². The normalized spacial score (nSPS) is 18.6. The van der Waals surface area contributed by atoms with E-state index >= 15 is 0 Å². The van der Waals surface area contributed by atoms with E-state index in [4.69, 9.17) is 4.42 Å². The third-order valence-electron chi connectivity index (χ3n) is 2.85. The first-order valence-corrected chi connectivity index (χ1v) is 6.47. The molecule has 1 fully saturated rings. The first-order valence-electron chi connectivity index (χ1n) is 5.31. The number of carboxylic acid groups (broad SMARTS) is 1. The standard InChI is InChI=1S/C11H13NO4S/c13-9(8-2-1-5-16-8)12-11(10(14)15)3-6-17-7-4-11/h1-2,5H,3-4,6-7H2,(H,12,13)(H,14,15). The van der Waals surface area contributed by atoms with Crippen LogP contribution < -0.4 is 5.32 Å². The molecule has 17 heavy (non-hydrogen) atoms. The fourth-order valence-electron chi connectivity index (χ4n) is 1.80. The van der Waals surface area contributed by atoms with Crippen molar-refractivity contribution in [3.63, 3.8) is 0 Å². The molecule has 1 aromatic rings. The molecular formula is C11H13NO4S. The molecule has 5 nitrogen and oxygen atoms in total. The molecule has 0 aromatic carbocycles. The van der Waals surface area contributed by atoms with Gasteiger partial charge in [-0.05, 0) is 36.5 Å². The van der Waals surface area contributed by atoms with Gasteiger partial charge in [-0.3, -0.25) is 4.79 Å². The van der Waals surface area contributed by atoms with Crippen molar-refractivity contribution in [3.05, 3.63) is 24.2 Å². The Morgan fingerprint density at radius 1 is 1.41 bits per heavy atom. The zero-order valence-corrected chi connectivity index (χ0v) is 9.96. The number of thioether (sulfide) groups is 1. The van der Waals surface area contributed by atoms with Crippen LogP contribution in [-0.4, -0.2) is 34.0 Å². The van der Waals surface area contributed by atoms with Gasteiger partial charge in [-0.1, -0.05) is 0 Å². The van der Waals surface area contributed by atoms with Crippen molar-refractivity contribution in [2.24, 2.45) is 0 Å². The van der Waals surface area contributed by atoms with Gasteiger partial charge in [-0.15, -0.1) is 0 Å². The molecule has 0 spiro atoms. The van der Waals surface area contributed by atoms with Gasteiger partial charge in [0.05, 0.1) is 6.26 Å². The summed E-state index contributed by atoms with van der Waals surface area (Å²) in [4.78, 5) is 23.1. The maximum Gasteiger partial charge on any atom is 0.329 e. The average molecular weight is 255 g/mol. The first kappa shape index (κ1) is 12.0. The minimum absolute atomic E-state index is 0.142. The van der Waals surface area contributed by atoms with Gasteiger partial charge in [-0.25, -0.2) is 4.79 Å². The number of furan rings is 1. The van der Waals surface area contributed by atoms with Crippen LogP contribution in [-0.2, 0) is 4.79 Å². The van der Waals surface area contributed by atoms with E-state index in [1.165, 1.54) is 12.3 Å². The smallest absolute Gasteiger partial charge is 0.329 e. The molecule has 0 bridgehead atoms. The molecule has 2 heterocycles. The van der Waals surface area contributed by atoms with Crippen molar-refractivity contribution in [1.82, 2.24) is 5.32 Å². The van der Waals surface area contributed by atoms with Crippen LogP contribution in [0, 0.1) is 0 Å². The Morgan fingerprint density at radius 3 is 2.65 bits per heavy atom. The van der Waals surface area contributed by atoms with E-state index < -0.39 is 17.4 Å². The van der Waals surface area contributed by atoms with Crippen LogP contribution in [0.15, 0.2) is 22.8 Å². The second-order valence-electron chi connectivity index (χ2n) is 3.93. The Hall–Kier alpha value is -1.43. The quantitative estimate of drug-likeness (QED) is 0.852. The summed E-state index contributed by atoms with van der Waals surface area (Å²) in [6.07, 6.45) is 2.28. The lowest BCUT2D eigenvalue weighted by atomic mass is 9.92. The van der Waals surface area contributed by atoms with Gasteiger partial charge < -0.3 is 14.8 Å². The molecule has 0 aliphatic carbocycles. The van der Waals surface area contributed by atoms with Crippen LogP contribution in [0.25, 0.3) is 0 Å².